The zero-order valence-corrected chi connectivity index (χ0v) is 9.60. The first-order valence-corrected chi connectivity index (χ1v) is 6.28. The van der Waals surface area contributed by atoms with Gasteiger partial charge in [0.1, 0.15) is 0 Å². The van der Waals surface area contributed by atoms with Crippen molar-refractivity contribution < 1.29 is 4.52 Å². The third kappa shape index (κ3) is 1.42. The summed E-state index contributed by atoms with van der Waals surface area (Å²) in [6.45, 7) is 0. The lowest BCUT2D eigenvalue weighted by atomic mass is 9.96. The molecule has 2 saturated carbocycles. The summed E-state index contributed by atoms with van der Waals surface area (Å²) in [6.07, 6.45) is 4.70. The Labute approximate surface area is 99.9 Å². The maximum atomic E-state index is 5.49. The Hall–Kier alpha value is -1.64. The molecule has 0 amide bonds. The lowest BCUT2D eigenvalue weighted by Gasteiger charge is -2.09. The van der Waals surface area contributed by atoms with Crippen LogP contribution in [0.4, 0.5) is 0 Å². The van der Waals surface area contributed by atoms with Crippen LogP contribution < -0.4 is 0 Å². The molecule has 0 N–H and O–H groups in total. The third-order valence-corrected chi connectivity index (χ3v) is 3.87. The van der Waals surface area contributed by atoms with Gasteiger partial charge in [0, 0.05) is 5.92 Å². The van der Waals surface area contributed by atoms with Crippen molar-refractivity contribution in [1.82, 2.24) is 10.1 Å². The van der Waals surface area contributed by atoms with E-state index in [4.69, 9.17) is 4.52 Å². The fraction of sp³-hybridized carbons (Fsp3) is 0.429. The summed E-state index contributed by atoms with van der Waals surface area (Å²) >= 11 is 0. The number of hydrogen-bond donors (Lipinski definition) is 0. The molecule has 0 bridgehead atoms. The van der Waals surface area contributed by atoms with Crippen molar-refractivity contribution in [3.63, 3.8) is 0 Å². The van der Waals surface area contributed by atoms with Crippen LogP contribution >= 0.6 is 0 Å². The van der Waals surface area contributed by atoms with E-state index in [1.165, 1.54) is 18.4 Å². The summed E-state index contributed by atoms with van der Waals surface area (Å²) in [5.41, 5.74) is 1.34. The van der Waals surface area contributed by atoms with E-state index < -0.39 is 0 Å². The van der Waals surface area contributed by atoms with Crippen molar-refractivity contribution in [2.24, 2.45) is 0 Å². The number of nitrogens with zero attached hydrogens (tertiary/aromatic N) is 2. The highest BCUT2D eigenvalue weighted by molar-refractivity contribution is 5.38. The lowest BCUT2D eigenvalue weighted by Crippen LogP contribution is -2.08. The third-order valence-electron chi connectivity index (χ3n) is 3.87. The molecule has 1 heterocycles. The van der Waals surface area contributed by atoms with Gasteiger partial charge in [-0.1, -0.05) is 35.5 Å². The van der Waals surface area contributed by atoms with Crippen LogP contribution in [0.25, 0.3) is 0 Å². The minimum absolute atomic E-state index is 0.0292. The van der Waals surface area contributed by atoms with Gasteiger partial charge >= 0.3 is 0 Å². The predicted octanol–water partition coefficient (Wildman–Crippen LogP) is 3.03. The van der Waals surface area contributed by atoms with Crippen molar-refractivity contribution >= 4 is 0 Å². The monoisotopic (exact) mass is 226 g/mol. The van der Waals surface area contributed by atoms with E-state index in [-0.39, 0.29) is 5.41 Å². The molecule has 0 saturated heterocycles. The molecule has 4 rings (SSSR count). The van der Waals surface area contributed by atoms with E-state index in [1.54, 1.807) is 0 Å². The summed E-state index contributed by atoms with van der Waals surface area (Å²) in [4.78, 5) is 4.61. The van der Waals surface area contributed by atoms with Gasteiger partial charge in [-0.15, -0.1) is 0 Å². The van der Waals surface area contributed by atoms with E-state index in [0.29, 0.717) is 5.92 Å². The molecule has 1 aromatic heterocycles. The van der Waals surface area contributed by atoms with Gasteiger partial charge in [0.2, 0.25) is 5.89 Å². The predicted molar refractivity (Wildman–Crippen MR) is 62.7 cm³/mol. The smallest absolute Gasteiger partial charge is 0.237 e. The minimum Gasteiger partial charge on any atom is -0.338 e. The molecule has 2 aliphatic rings. The molecule has 86 valence electrons. The highest BCUT2D eigenvalue weighted by Crippen LogP contribution is 2.53. The molecule has 0 unspecified atom stereocenters. The van der Waals surface area contributed by atoms with E-state index in [2.05, 4.69) is 34.4 Å². The largest absolute Gasteiger partial charge is 0.338 e. The Bertz CT molecular complexity index is 538. The Kier molecular flexibility index (Phi) is 1.76. The zero-order chi connectivity index (χ0) is 11.3. The number of aromatic nitrogens is 2. The van der Waals surface area contributed by atoms with E-state index >= 15 is 0 Å². The molecule has 3 heteroatoms. The van der Waals surface area contributed by atoms with Crippen LogP contribution in [-0.4, -0.2) is 10.1 Å². The quantitative estimate of drug-likeness (QED) is 0.807. The second-order valence-corrected chi connectivity index (χ2v) is 5.18. The van der Waals surface area contributed by atoms with Gasteiger partial charge in [-0.2, -0.15) is 4.98 Å². The first-order valence-electron chi connectivity index (χ1n) is 6.28. The molecule has 0 radical (unpaired) electrons. The first-order chi connectivity index (χ1) is 8.38. The van der Waals surface area contributed by atoms with Crippen LogP contribution in [0, 0.1) is 0 Å². The number of rotatable bonds is 3. The van der Waals surface area contributed by atoms with Gasteiger partial charge in [0.15, 0.2) is 5.82 Å². The Morgan fingerprint density at radius 1 is 1.12 bits per heavy atom. The van der Waals surface area contributed by atoms with Crippen molar-refractivity contribution in [3.8, 4) is 0 Å². The zero-order valence-electron chi connectivity index (χ0n) is 9.60. The van der Waals surface area contributed by atoms with Gasteiger partial charge in [-0.25, -0.2) is 0 Å². The average Bonchev–Trinajstić information content (AvgIpc) is 3.31. The van der Waals surface area contributed by atoms with Gasteiger partial charge in [-0.3, -0.25) is 0 Å². The highest BCUT2D eigenvalue weighted by atomic mass is 16.5. The highest BCUT2D eigenvalue weighted by Gasteiger charge is 2.51. The SMILES string of the molecule is c1ccc(C2(c3nc(C4CC4)no3)CC2)cc1. The molecular formula is C14H14N2O. The Balaban J connectivity index is 1.73. The van der Waals surface area contributed by atoms with Crippen molar-refractivity contribution in [3.05, 3.63) is 47.6 Å². The van der Waals surface area contributed by atoms with Gasteiger partial charge < -0.3 is 4.52 Å². The normalized spacial score (nSPS) is 21.4. The fourth-order valence-electron chi connectivity index (χ4n) is 2.44. The molecule has 2 aliphatic carbocycles. The molecule has 3 nitrogen and oxygen atoms in total. The molecule has 0 atom stereocenters. The lowest BCUT2D eigenvalue weighted by molar-refractivity contribution is 0.355. The second kappa shape index (κ2) is 3.19. The van der Waals surface area contributed by atoms with Crippen molar-refractivity contribution in [1.29, 1.82) is 0 Å². The Morgan fingerprint density at radius 2 is 1.88 bits per heavy atom. The molecule has 1 aromatic carbocycles. The van der Waals surface area contributed by atoms with Gasteiger partial charge in [0.25, 0.3) is 0 Å². The van der Waals surface area contributed by atoms with Crippen molar-refractivity contribution in [2.45, 2.75) is 37.0 Å². The molecule has 2 fully saturated rings. The first kappa shape index (κ1) is 9.40. The second-order valence-electron chi connectivity index (χ2n) is 5.18. The topological polar surface area (TPSA) is 38.9 Å². The minimum atomic E-state index is 0.0292. The molecular weight excluding hydrogens is 212 g/mol. The van der Waals surface area contributed by atoms with Crippen LogP contribution in [-0.2, 0) is 5.41 Å². The van der Waals surface area contributed by atoms with Gasteiger partial charge in [0.05, 0.1) is 5.41 Å². The van der Waals surface area contributed by atoms with Crippen LogP contribution in [0.15, 0.2) is 34.9 Å². The maximum absolute atomic E-state index is 5.49. The number of hydrogen-bond acceptors (Lipinski definition) is 3. The van der Waals surface area contributed by atoms with Crippen molar-refractivity contribution in [2.75, 3.05) is 0 Å². The van der Waals surface area contributed by atoms with Crippen LogP contribution in [0.3, 0.4) is 0 Å². The molecule has 0 aliphatic heterocycles. The summed E-state index contributed by atoms with van der Waals surface area (Å²) in [5, 5.41) is 4.12. The Morgan fingerprint density at radius 3 is 2.53 bits per heavy atom. The maximum Gasteiger partial charge on any atom is 0.237 e. The van der Waals surface area contributed by atoms with Crippen LogP contribution in [0.2, 0.25) is 0 Å². The summed E-state index contributed by atoms with van der Waals surface area (Å²) in [5.74, 6) is 2.31. The summed E-state index contributed by atoms with van der Waals surface area (Å²) in [7, 11) is 0. The van der Waals surface area contributed by atoms with Crippen LogP contribution in [0.1, 0.15) is 48.9 Å². The number of benzene rings is 1. The summed E-state index contributed by atoms with van der Waals surface area (Å²) < 4.78 is 5.49. The average molecular weight is 226 g/mol. The standard InChI is InChI=1S/C14H14N2O/c1-2-4-11(5-3-1)14(8-9-14)13-15-12(16-17-13)10-6-7-10/h1-5,10H,6-9H2. The molecule has 2 aromatic rings. The summed E-state index contributed by atoms with van der Waals surface area (Å²) in [6, 6.07) is 10.5. The van der Waals surface area contributed by atoms with E-state index in [1.807, 2.05) is 6.07 Å². The van der Waals surface area contributed by atoms with Gasteiger partial charge in [-0.05, 0) is 31.2 Å². The molecule has 0 spiro atoms. The fourth-order valence-corrected chi connectivity index (χ4v) is 2.44. The van der Waals surface area contributed by atoms with E-state index in [0.717, 1.165) is 24.6 Å². The van der Waals surface area contributed by atoms with Crippen LogP contribution in [0.5, 0.6) is 0 Å². The van der Waals surface area contributed by atoms with E-state index in [9.17, 15) is 0 Å². The molecule has 17 heavy (non-hydrogen) atoms.